The fraction of sp³-hybridized carbons (Fsp3) is 0.579. The van der Waals surface area contributed by atoms with Gasteiger partial charge in [-0.2, -0.15) is 0 Å². The molecule has 1 atom stereocenters. The van der Waals surface area contributed by atoms with Gasteiger partial charge in [-0.1, -0.05) is 0 Å². The van der Waals surface area contributed by atoms with Crippen molar-refractivity contribution >= 4 is 10.0 Å². The summed E-state index contributed by atoms with van der Waals surface area (Å²) in [6.07, 6.45) is 4.95. The Kier molecular flexibility index (Phi) is 4.39. The first-order chi connectivity index (χ1) is 12.4. The van der Waals surface area contributed by atoms with Gasteiger partial charge in [0.2, 0.25) is 10.0 Å². The maximum Gasteiger partial charge on any atom is 0.231 e. The molecule has 1 aromatic carbocycles. The zero-order chi connectivity index (χ0) is 18.5. The fourth-order valence-corrected chi connectivity index (χ4v) is 5.68. The van der Waals surface area contributed by atoms with Gasteiger partial charge in [-0.05, 0) is 48.1 Å². The van der Waals surface area contributed by atoms with Crippen molar-refractivity contribution in [2.45, 2.75) is 31.7 Å². The second kappa shape index (κ2) is 6.46. The van der Waals surface area contributed by atoms with Gasteiger partial charge < -0.3 is 9.47 Å². The first-order valence-corrected chi connectivity index (χ1v) is 10.9. The fourth-order valence-electron chi connectivity index (χ4n) is 4.61. The van der Waals surface area contributed by atoms with Crippen molar-refractivity contribution in [1.29, 1.82) is 0 Å². The lowest BCUT2D eigenvalue weighted by molar-refractivity contribution is 0.167. The lowest BCUT2D eigenvalue weighted by atomic mass is 9.84. The summed E-state index contributed by atoms with van der Waals surface area (Å²) in [5.41, 5.74) is 4.82. The Bertz CT molecular complexity index is 863. The Morgan fingerprint density at radius 2 is 1.81 bits per heavy atom. The molecule has 3 aliphatic rings. The van der Waals surface area contributed by atoms with Crippen LogP contribution in [0.15, 0.2) is 23.4 Å². The van der Waals surface area contributed by atoms with Crippen LogP contribution in [0.4, 0.5) is 0 Å². The summed E-state index contributed by atoms with van der Waals surface area (Å²) in [6.45, 7) is 2.45. The number of nitrogens with zero attached hydrogens (tertiary/aromatic N) is 2. The summed E-state index contributed by atoms with van der Waals surface area (Å²) < 4.78 is 37.1. The van der Waals surface area contributed by atoms with Gasteiger partial charge in [0.05, 0.1) is 20.5 Å². The van der Waals surface area contributed by atoms with Gasteiger partial charge in [0.1, 0.15) is 0 Å². The minimum absolute atomic E-state index is 0.194. The molecule has 1 aromatic rings. The summed E-state index contributed by atoms with van der Waals surface area (Å²) in [5, 5.41) is 0. The number of rotatable bonds is 3. The first-order valence-electron chi connectivity index (χ1n) is 9.10. The average molecular weight is 378 g/mol. The highest BCUT2D eigenvalue weighted by atomic mass is 32.2. The maximum atomic E-state index is 12.3. The normalized spacial score (nSPS) is 23.2. The summed E-state index contributed by atoms with van der Waals surface area (Å²) in [4.78, 5) is 2.48. The largest absolute Gasteiger partial charge is 0.493 e. The molecule has 0 spiro atoms. The van der Waals surface area contributed by atoms with E-state index in [1.807, 2.05) is 0 Å². The number of sulfonamides is 1. The van der Waals surface area contributed by atoms with E-state index in [0.717, 1.165) is 56.0 Å². The Morgan fingerprint density at radius 3 is 2.50 bits per heavy atom. The van der Waals surface area contributed by atoms with Crippen LogP contribution >= 0.6 is 0 Å². The van der Waals surface area contributed by atoms with Crippen LogP contribution in [0.5, 0.6) is 11.5 Å². The second-order valence-electron chi connectivity index (χ2n) is 7.34. The number of methoxy groups -OCH3 is 2. The molecular weight excluding hydrogens is 352 g/mol. The Morgan fingerprint density at radius 1 is 1.08 bits per heavy atom. The molecule has 1 unspecified atom stereocenters. The van der Waals surface area contributed by atoms with Crippen LogP contribution in [0.25, 0.3) is 0 Å². The first kappa shape index (κ1) is 17.7. The van der Waals surface area contributed by atoms with Crippen LogP contribution in [0.3, 0.4) is 0 Å². The summed E-state index contributed by atoms with van der Waals surface area (Å²) >= 11 is 0. The van der Waals surface area contributed by atoms with E-state index in [-0.39, 0.29) is 6.04 Å². The van der Waals surface area contributed by atoms with Crippen LogP contribution in [0.2, 0.25) is 0 Å². The highest BCUT2D eigenvalue weighted by molar-refractivity contribution is 7.88. The number of hydrogen-bond acceptors (Lipinski definition) is 5. The summed E-state index contributed by atoms with van der Waals surface area (Å²) in [6, 6.07) is 4.34. The molecule has 7 heteroatoms. The van der Waals surface area contributed by atoms with Gasteiger partial charge in [-0.25, -0.2) is 8.42 Å². The molecule has 4 rings (SSSR count). The maximum absolute atomic E-state index is 12.3. The van der Waals surface area contributed by atoms with E-state index in [0.29, 0.717) is 6.54 Å². The number of ether oxygens (including phenoxy) is 2. The zero-order valence-corrected chi connectivity index (χ0v) is 16.4. The monoisotopic (exact) mass is 378 g/mol. The van der Waals surface area contributed by atoms with Crippen molar-refractivity contribution in [2.24, 2.45) is 0 Å². The summed E-state index contributed by atoms with van der Waals surface area (Å²) in [5.74, 6) is 1.49. The van der Waals surface area contributed by atoms with E-state index >= 15 is 0 Å². The van der Waals surface area contributed by atoms with Crippen molar-refractivity contribution in [2.75, 3.05) is 40.1 Å². The molecule has 0 saturated carbocycles. The molecule has 0 fully saturated rings. The van der Waals surface area contributed by atoms with Gasteiger partial charge in [-0.3, -0.25) is 9.21 Å². The zero-order valence-electron chi connectivity index (χ0n) is 15.6. The van der Waals surface area contributed by atoms with E-state index in [1.54, 1.807) is 18.5 Å². The molecule has 3 aliphatic heterocycles. The van der Waals surface area contributed by atoms with E-state index in [4.69, 9.17) is 9.47 Å². The van der Waals surface area contributed by atoms with E-state index in [1.165, 1.54) is 23.0 Å². The Hall–Kier alpha value is -1.73. The standard InChI is InChI=1S/C19H26N2O4S/c1-24-18-9-13-6-8-20-12-14-5-4-7-21(26(3,22)23)16(14)11-17(20)15(13)10-19(18)25-2/h9-10,17H,4-8,11-12H2,1-3H3. The van der Waals surface area contributed by atoms with Crippen molar-refractivity contribution in [3.05, 3.63) is 34.5 Å². The Balaban J connectivity index is 1.75. The van der Waals surface area contributed by atoms with Gasteiger partial charge in [0, 0.05) is 37.8 Å². The van der Waals surface area contributed by atoms with Crippen LogP contribution in [-0.4, -0.2) is 57.7 Å². The average Bonchev–Trinajstić information content (AvgIpc) is 2.63. The molecule has 0 bridgehead atoms. The van der Waals surface area contributed by atoms with Gasteiger partial charge in [-0.15, -0.1) is 0 Å². The molecule has 0 aliphatic carbocycles. The number of fused-ring (bicyclic) bond motifs is 3. The SMILES string of the molecule is COc1cc2c(cc1OC)C1CC3=C(CCCN3S(C)(=O)=O)CN1CC2. The highest BCUT2D eigenvalue weighted by Crippen LogP contribution is 2.45. The molecule has 0 saturated heterocycles. The van der Waals surface area contributed by atoms with Crippen LogP contribution in [0.1, 0.15) is 36.4 Å². The summed E-state index contributed by atoms with van der Waals surface area (Å²) in [7, 11) is 0.0848. The van der Waals surface area contributed by atoms with E-state index < -0.39 is 10.0 Å². The lowest BCUT2D eigenvalue weighted by Crippen LogP contribution is -2.45. The molecule has 26 heavy (non-hydrogen) atoms. The second-order valence-corrected chi connectivity index (χ2v) is 9.24. The highest BCUT2D eigenvalue weighted by Gasteiger charge is 2.38. The van der Waals surface area contributed by atoms with Gasteiger partial charge in [0.15, 0.2) is 11.5 Å². The molecule has 0 radical (unpaired) electrons. The van der Waals surface area contributed by atoms with Crippen molar-refractivity contribution < 1.29 is 17.9 Å². The Labute approximate surface area is 155 Å². The van der Waals surface area contributed by atoms with Gasteiger partial charge >= 0.3 is 0 Å². The molecule has 0 aromatic heterocycles. The van der Waals surface area contributed by atoms with Crippen molar-refractivity contribution in [3.63, 3.8) is 0 Å². The molecule has 6 nitrogen and oxygen atoms in total. The molecule has 142 valence electrons. The van der Waals surface area contributed by atoms with Crippen molar-refractivity contribution in [1.82, 2.24) is 9.21 Å². The topological polar surface area (TPSA) is 59.1 Å². The number of hydrogen-bond donors (Lipinski definition) is 0. The van der Waals surface area contributed by atoms with E-state index in [2.05, 4.69) is 17.0 Å². The molecule has 0 N–H and O–H groups in total. The predicted molar refractivity (Wildman–Crippen MR) is 100.0 cm³/mol. The third kappa shape index (κ3) is 2.87. The molecule has 3 heterocycles. The third-order valence-electron chi connectivity index (χ3n) is 5.84. The van der Waals surface area contributed by atoms with Gasteiger partial charge in [0.25, 0.3) is 0 Å². The van der Waals surface area contributed by atoms with E-state index in [9.17, 15) is 8.42 Å². The third-order valence-corrected chi connectivity index (χ3v) is 7.05. The minimum Gasteiger partial charge on any atom is -0.493 e. The smallest absolute Gasteiger partial charge is 0.231 e. The molecular formula is C19H26N2O4S. The predicted octanol–water partition coefficient (Wildman–Crippen LogP) is 2.32. The lowest BCUT2D eigenvalue weighted by Gasteiger charge is -2.46. The van der Waals surface area contributed by atoms with Crippen LogP contribution < -0.4 is 9.47 Å². The van der Waals surface area contributed by atoms with Crippen LogP contribution in [0, 0.1) is 0 Å². The molecule has 0 amide bonds. The van der Waals surface area contributed by atoms with Crippen molar-refractivity contribution in [3.8, 4) is 11.5 Å². The quantitative estimate of drug-likeness (QED) is 0.808. The minimum atomic E-state index is -3.22. The van der Waals surface area contributed by atoms with Crippen LogP contribution in [-0.2, 0) is 16.4 Å². The number of benzene rings is 1.